The second-order valence-electron chi connectivity index (χ2n) is 9.21. The molecule has 0 spiro atoms. The number of anilines is 2. The first-order chi connectivity index (χ1) is 14.3. The maximum absolute atomic E-state index is 5.87. The van der Waals surface area contributed by atoms with Crippen molar-refractivity contribution in [2.24, 2.45) is 5.73 Å². The van der Waals surface area contributed by atoms with Crippen molar-refractivity contribution in [3.8, 4) is 0 Å². The van der Waals surface area contributed by atoms with E-state index in [1.807, 2.05) is 6.20 Å². The molecule has 1 saturated carbocycles. The minimum Gasteiger partial charge on any atom is -0.356 e. The molecule has 0 amide bonds. The Morgan fingerprint density at radius 1 is 0.966 bits per heavy atom. The summed E-state index contributed by atoms with van der Waals surface area (Å²) in [5, 5.41) is 3.73. The van der Waals surface area contributed by atoms with Crippen LogP contribution >= 0.6 is 0 Å². The molecule has 1 aromatic rings. The van der Waals surface area contributed by atoms with Gasteiger partial charge < -0.3 is 16.0 Å². The zero-order valence-electron chi connectivity index (χ0n) is 18.1. The molecule has 1 aliphatic carbocycles. The van der Waals surface area contributed by atoms with Gasteiger partial charge in [-0.05, 0) is 57.6 Å². The lowest BCUT2D eigenvalue weighted by Crippen LogP contribution is -2.45. The summed E-state index contributed by atoms with van der Waals surface area (Å²) in [6.07, 6.45) is 17.5. The van der Waals surface area contributed by atoms with E-state index in [1.165, 1.54) is 77.2 Å². The van der Waals surface area contributed by atoms with Crippen LogP contribution in [0.4, 0.5) is 11.8 Å². The second kappa shape index (κ2) is 10.6. The van der Waals surface area contributed by atoms with E-state index in [4.69, 9.17) is 10.7 Å². The average Bonchev–Trinajstić information content (AvgIpc) is 2.97. The van der Waals surface area contributed by atoms with Gasteiger partial charge in [0, 0.05) is 44.0 Å². The fourth-order valence-corrected chi connectivity index (χ4v) is 5.67. The maximum atomic E-state index is 5.87. The van der Waals surface area contributed by atoms with Gasteiger partial charge in [0.05, 0.1) is 0 Å². The normalized spacial score (nSPS) is 27.1. The zero-order valence-corrected chi connectivity index (χ0v) is 18.1. The quantitative estimate of drug-likeness (QED) is 0.726. The molecule has 0 aromatic carbocycles. The molecule has 6 heteroatoms. The van der Waals surface area contributed by atoms with Gasteiger partial charge in [-0.15, -0.1) is 0 Å². The van der Waals surface area contributed by atoms with Crippen molar-refractivity contribution >= 4 is 11.8 Å². The van der Waals surface area contributed by atoms with Gasteiger partial charge in [-0.3, -0.25) is 4.90 Å². The van der Waals surface area contributed by atoms with Gasteiger partial charge in [-0.1, -0.05) is 32.1 Å². The molecule has 29 heavy (non-hydrogen) atoms. The molecule has 3 heterocycles. The highest BCUT2D eigenvalue weighted by molar-refractivity contribution is 5.43. The highest BCUT2D eigenvalue weighted by Crippen LogP contribution is 2.32. The molecule has 0 bridgehead atoms. The molecule has 3 aliphatic rings. The van der Waals surface area contributed by atoms with Crippen LogP contribution in [-0.4, -0.2) is 59.2 Å². The van der Waals surface area contributed by atoms with Gasteiger partial charge in [0.2, 0.25) is 5.95 Å². The lowest BCUT2D eigenvalue weighted by atomic mass is 9.92. The number of nitrogens with two attached hydrogens (primary N) is 1. The number of rotatable bonds is 7. The third-order valence-corrected chi connectivity index (χ3v) is 7.22. The second-order valence-corrected chi connectivity index (χ2v) is 9.21. The summed E-state index contributed by atoms with van der Waals surface area (Å²) in [5.74, 6) is 1.89. The number of hydrogen-bond acceptors (Lipinski definition) is 6. The van der Waals surface area contributed by atoms with Crippen LogP contribution < -0.4 is 16.0 Å². The number of hydrogen-bond donors (Lipinski definition) is 2. The molecule has 4 rings (SSSR count). The molecule has 2 aliphatic heterocycles. The smallest absolute Gasteiger partial charge is 0.224 e. The molecule has 6 nitrogen and oxygen atoms in total. The van der Waals surface area contributed by atoms with E-state index < -0.39 is 0 Å². The van der Waals surface area contributed by atoms with Crippen LogP contribution in [-0.2, 0) is 0 Å². The first kappa shape index (κ1) is 20.9. The van der Waals surface area contributed by atoms with Gasteiger partial charge in [-0.25, -0.2) is 4.98 Å². The topological polar surface area (TPSA) is 70.3 Å². The molecule has 162 valence electrons. The molecule has 2 atom stereocenters. The summed E-state index contributed by atoms with van der Waals surface area (Å²) < 4.78 is 0. The summed E-state index contributed by atoms with van der Waals surface area (Å²) in [7, 11) is 0. The van der Waals surface area contributed by atoms with Crippen molar-refractivity contribution in [1.29, 1.82) is 0 Å². The highest BCUT2D eigenvalue weighted by atomic mass is 15.3. The largest absolute Gasteiger partial charge is 0.356 e. The van der Waals surface area contributed by atoms with E-state index >= 15 is 0 Å². The van der Waals surface area contributed by atoms with Crippen molar-refractivity contribution in [2.75, 3.05) is 36.4 Å². The van der Waals surface area contributed by atoms with E-state index in [2.05, 4.69) is 26.2 Å². The fourth-order valence-electron chi connectivity index (χ4n) is 5.67. The number of nitrogens with zero attached hydrogens (tertiary/aromatic N) is 4. The van der Waals surface area contributed by atoms with Crippen LogP contribution in [0.5, 0.6) is 0 Å². The van der Waals surface area contributed by atoms with Gasteiger partial charge in [0.1, 0.15) is 5.82 Å². The van der Waals surface area contributed by atoms with E-state index in [1.54, 1.807) is 0 Å². The van der Waals surface area contributed by atoms with E-state index in [9.17, 15) is 0 Å². The van der Waals surface area contributed by atoms with Gasteiger partial charge in [0.15, 0.2) is 0 Å². The molecular formula is C23H40N6. The van der Waals surface area contributed by atoms with Crippen molar-refractivity contribution in [3.05, 3.63) is 12.3 Å². The molecular weight excluding hydrogens is 360 g/mol. The van der Waals surface area contributed by atoms with E-state index in [-0.39, 0.29) is 0 Å². The lowest BCUT2D eigenvalue weighted by Gasteiger charge is -2.37. The Morgan fingerprint density at radius 2 is 1.72 bits per heavy atom. The van der Waals surface area contributed by atoms with Gasteiger partial charge in [-0.2, -0.15) is 4.98 Å². The molecule has 2 unspecified atom stereocenters. The van der Waals surface area contributed by atoms with Crippen LogP contribution in [0.25, 0.3) is 0 Å². The van der Waals surface area contributed by atoms with Gasteiger partial charge >= 0.3 is 0 Å². The Morgan fingerprint density at radius 3 is 2.48 bits per heavy atom. The minimum atomic E-state index is 0.433. The van der Waals surface area contributed by atoms with Gasteiger partial charge in [0.25, 0.3) is 0 Å². The zero-order chi connectivity index (χ0) is 19.9. The Kier molecular flexibility index (Phi) is 7.61. The molecule has 0 radical (unpaired) electrons. The van der Waals surface area contributed by atoms with Crippen LogP contribution in [0.1, 0.15) is 77.0 Å². The first-order valence-electron chi connectivity index (χ1n) is 12.2. The summed E-state index contributed by atoms with van der Waals surface area (Å²) >= 11 is 0. The van der Waals surface area contributed by atoms with Crippen LogP contribution in [0.3, 0.4) is 0 Å². The highest BCUT2D eigenvalue weighted by Gasteiger charge is 2.38. The van der Waals surface area contributed by atoms with Crippen molar-refractivity contribution in [1.82, 2.24) is 14.9 Å². The Bertz CT molecular complexity index is 609. The Balaban J connectivity index is 1.43. The van der Waals surface area contributed by atoms with E-state index in [0.29, 0.717) is 12.1 Å². The standard InChI is InChI=1S/C23H40N6/c24-14-8-11-21-20(13-18-29(21)19-9-4-3-5-10-19)26-23-25-15-12-22(27-23)28-16-6-1-2-7-17-28/h12,15,19-21H,1-11,13-14,16-18,24H2,(H,25,26,27). The summed E-state index contributed by atoms with van der Waals surface area (Å²) in [4.78, 5) is 14.7. The molecule has 2 saturated heterocycles. The third kappa shape index (κ3) is 5.40. The monoisotopic (exact) mass is 400 g/mol. The Hall–Kier alpha value is -1.40. The fraction of sp³-hybridized carbons (Fsp3) is 0.826. The number of likely N-dealkylation sites (tertiary alicyclic amines) is 1. The first-order valence-corrected chi connectivity index (χ1v) is 12.2. The maximum Gasteiger partial charge on any atom is 0.224 e. The van der Waals surface area contributed by atoms with Crippen LogP contribution in [0.2, 0.25) is 0 Å². The molecule has 3 fully saturated rings. The summed E-state index contributed by atoms with van der Waals surface area (Å²) in [6.45, 7) is 4.22. The summed E-state index contributed by atoms with van der Waals surface area (Å²) in [5.41, 5.74) is 5.87. The average molecular weight is 401 g/mol. The molecule has 1 aromatic heterocycles. The lowest BCUT2D eigenvalue weighted by molar-refractivity contribution is 0.132. The van der Waals surface area contributed by atoms with Crippen molar-refractivity contribution < 1.29 is 0 Å². The molecule has 3 N–H and O–H groups in total. The minimum absolute atomic E-state index is 0.433. The number of nitrogens with one attached hydrogen (secondary N) is 1. The van der Waals surface area contributed by atoms with Crippen LogP contribution in [0.15, 0.2) is 12.3 Å². The van der Waals surface area contributed by atoms with Crippen LogP contribution in [0, 0.1) is 0 Å². The predicted molar refractivity (Wildman–Crippen MR) is 120 cm³/mol. The third-order valence-electron chi connectivity index (χ3n) is 7.22. The number of aromatic nitrogens is 2. The predicted octanol–water partition coefficient (Wildman–Crippen LogP) is 3.78. The van der Waals surface area contributed by atoms with E-state index in [0.717, 1.165) is 43.9 Å². The summed E-state index contributed by atoms with van der Waals surface area (Å²) in [6, 6.07) is 3.84. The Labute approximate surface area is 176 Å². The SMILES string of the molecule is NCCCC1C(Nc2nccc(N3CCCCCC3)n2)CCN1C1CCCCC1. The van der Waals surface area contributed by atoms with Crippen molar-refractivity contribution in [2.45, 2.75) is 95.2 Å². The van der Waals surface area contributed by atoms with Crippen molar-refractivity contribution in [3.63, 3.8) is 0 Å².